The molecule has 4 aromatic rings. The molecule has 0 fully saturated rings. The minimum absolute atomic E-state index is 0.0348. The second-order valence-corrected chi connectivity index (χ2v) is 8.40. The molecular weight excluding hydrogens is 408 g/mol. The van der Waals surface area contributed by atoms with Crippen LogP contribution in [0.25, 0.3) is 22.4 Å². The van der Waals surface area contributed by atoms with Gasteiger partial charge in [0.15, 0.2) is 0 Å². The first kappa shape index (κ1) is 21.0. The molecule has 33 heavy (non-hydrogen) atoms. The van der Waals surface area contributed by atoms with Crippen LogP contribution >= 0.6 is 0 Å². The Hall–Kier alpha value is -3.90. The van der Waals surface area contributed by atoms with Crippen molar-refractivity contribution in [2.45, 2.75) is 26.6 Å². The van der Waals surface area contributed by atoms with Crippen molar-refractivity contribution in [3.05, 3.63) is 95.7 Å². The van der Waals surface area contributed by atoms with Gasteiger partial charge >= 0.3 is 0 Å². The Morgan fingerprint density at radius 3 is 2.61 bits per heavy atom. The highest BCUT2D eigenvalue weighted by atomic mass is 15.3. The molecule has 0 spiro atoms. The predicted octanol–water partition coefficient (Wildman–Crippen LogP) is 5.22. The summed E-state index contributed by atoms with van der Waals surface area (Å²) in [6.07, 6.45) is 9.40. The van der Waals surface area contributed by atoms with Gasteiger partial charge in [-0.05, 0) is 66.4 Å². The average Bonchev–Trinajstić information content (AvgIpc) is 2.84. The van der Waals surface area contributed by atoms with Crippen LogP contribution in [0.3, 0.4) is 0 Å². The second-order valence-electron chi connectivity index (χ2n) is 8.40. The average molecular weight is 435 g/mol. The Morgan fingerprint density at radius 2 is 1.82 bits per heavy atom. The highest BCUT2D eigenvalue weighted by Crippen LogP contribution is 2.35. The van der Waals surface area contributed by atoms with Gasteiger partial charge in [0.25, 0.3) is 0 Å². The summed E-state index contributed by atoms with van der Waals surface area (Å²) in [4.78, 5) is 19.9. The smallest absolute Gasteiger partial charge is 0.109 e. The zero-order valence-corrected chi connectivity index (χ0v) is 19.0. The van der Waals surface area contributed by atoms with Crippen molar-refractivity contribution in [1.82, 2.24) is 25.2 Å². The van der Waals surface area contributed by atoms with Crippen LogP contribution in [0, 0.1) is 13.8 Å². The van der Waals surface area contributed by atoms with Crippen molar-refractivity contribution in [2.24, 2.45) is 4.99 Å². The fourth-order valence-corrected chi connectivity index (χ4v) is 4.16. The van der Waals surface area contributed by atoms with E-state index in [0.29, 0.717) is 6.54 Å². The molecule has 1 unspecified atom stereocenters. The molecule has 1 N–H and O–H groups in total. The molecule has 6 nitrogen and oxygen atoms in total. The first-order chi connectivity index (χ1) is 16.1. The van der Waals surface area contributed by atoms with E-state index in [9.17, 15) is 0 Å². The maximum atomic E-state index is 4.68. The van der Waals surface area contributed by atoms with E-state index in [1.54, 1.807) is 0 Å². The molecule has 1 aliphatic rings. The van der Waals surface area contributed by atoms with Crippen molar-refractivity contribution in [3.8, 4) is 22.4 Å². The van der Waals surface area contributed by atoms with Crippen LogP contribution < -0.4 is 5.32 Å². The summed E-state index contributed by atoms with van der Waals surface area (Å²) in [7, 11) is 2.04. The number of aliphatic imine (C=N–C) groups is 1. The SMILES string of the molecule is Cc1cc(-c2ccc(CNC3c4ccc(-c5ccncc5C)cc4N=CN3C)cn2)ccn1. The van der Waals surface area contributed by atoms with Gasteiger partial charge in [-0.15, -0.1) is 0 Å². The summed E-state index contributed by atoms with van der Waals surface area (Å²) in [5.41, 5.74) is 9.79. The third kappa shape index (κ3) is 4.38. The Labute approximate surface area is 194 Å². The van der Waals surface area contributed by atoms with E-state index >= 15 is 0 Å². The van der Waals surface area contributed by atoms with Crippen LogP contribution in [-0.4, -0.2) is 33.2 Å². The maximum Gasteiger partial charge on any atom is 0.109 e. The Morgan fingerprint density at radius 1 is 0.909 bits per heavy atom. The van der Waals surface area contributed by atoms with Crippen LogP contribution in [0.4, 0.5) is 5.69 Å². The third-order valence-corrected chi connectivity index (χ3v) is 5.96. The minimum atomic E-state index is 0.0348. The van der Waals surface area contributed by atoms with Gasteiger partial charge in [-0.1, -0.05) is 18.2 Å². The molecule has 0 bridgehead atoms. The van der Waals surface area contributed by atoms with Gasteiger partial charge in [0, 0.05) is 55.2 Å². The number of hydrogen-bond acceptors (Lipinski definition) is 6. The summed E-state index contributed by atoms with van der Waals surface area (Å²) in [5, 5.41) is 3.66. The van der Waals surface area contributed by atoms with Crippen LogP contribution in [0.15, 0.2) is 78.3 Å². The molecule has 6 heteroatoms. The highest BCUT2D eigenvalue weighted by Gasteiger charge is 2.22. The van der Waals surface area contributed by atoms with Crippen LogP contribution in [0.1, 0.15) is 28.6 Å². The van der Waals surface area contributed by atoms with Gasteiger partial charge in [0.1, 0.15) is 6.17 Å². The van der Waals surface area contributed by atoms with Crippen molar-refractivity contribution >= 4 is 12.0 Å². The summed E-state index contributed by atoms with van der Waals surface area (Å²) in [6.45, 7) is 4.78. The molecule has 1 atom stereocenters. The second kappa shape index (κ2) is 8.92. The highest BCUT2D eigenvalue weighted by molar-refractivity contribution is 5.75. The van der Waals surface area contributed by atoms with E-state index in [-0.39, 0.29) is 6.17 Å². The van der Waals surface area contributed by atoms with Crippen LogP contribution in [-0.2, 0) is 6.54 Å². The summed E-state index contributed by atoms with van der Waals surface area (Å²) in [6, 6.07) is 16.8. The van der Waals surface area contributed by atoms with Crippen LogP contribution in [0.2, 0.25) is 0 Å². The molecule has 1 aliphatic heterocycles. The van der Waals surface area contributed by atoms with Crippen molar-refractivity contribution in [1.29, 1.82) is 0 Å². The molecule has 0 saturated carbocycles. The number of nitrogens with one attached hydrogen (secondary N) is 1. The lowest BCUT2D eigenvalue weighted by Gasteiger charge is -2.32. The normalized spacial score (nSPS) is 14.9. The predicted molar refractivity (Wildman–Crippen MR) is 132 cm³/mol. The van der Waals surface area contributed by atoms with E-state index in [1.165, 1.54) is 5.56 Å². The Balaban J connectivity index is 1.33. The zero-order valence-electron chi connectivity index (χ0n) is 19.0. The molecule has 164 valence electrons. The minimum Gasteiger partial charge on any atom is -0.346 e. The molecule has 0 aliphatic carbocycles. The monoisotopic (exact) mass is 434 g/mol. The van der Waals surface area contributed by atoms with E-state index in [4.69, 9.17) is 0 Å². The maximum absolute atomic E-state index is 4.68. The van der Waals surface area contributed by atoms with Crippen LogP contribution in [0.5, 0.6) is 0 Å². The first-order valence-corrected chi connectivity index (χ1v) is 11.0. The standard InChI is InChI=1S/C27H26N6/c1-18-14-28-10-9-23(18)21-5-6-24-26(13-21)32-17-33(3)27(24)31-16-20-4-7-25(30-15-20)22-8-11-29-19(2)12-22/h4-15,17,27,31H,16H2,1-3H3. The quantitative estimate of drug-likeness (QED) is 0.467. The lowest BCUT2D eigenvalue weighted by atomic mass is 9.98. The number of nitrogens with zero attached hydrogens (tertiary/aromatic N) is 5. The molecule has 3 aromatic heterocycles. The van der Waals surface area contributed by atoms with Gasteiger partial charge in [0.05, 0.1) is 17.7 Å². The lowest BCUT2D eigenvalue weighted by molar-refractivity contribution is 0.313. The van der Waals surface area contributed by atoms with Crippen molar-refractivity contribution in [2.75, 3.05) is 7.05 Å². The largest absolute Gasteiger partial charge is 0.346 e. The number of benzene rings is 1. The molecule has 1 aromatic carbocycles. The van der Waals surface area contributed by atoms with E-state index in [2.05, 4.69) is 79.5 Å². The summed E-state index contributed by atoms with van der Waals surface area (Å²) >= 11 is 0. The lowest BCUT2D eigenvalue weighted by Crippen LogP contribution is -2.36. The number of pyridine rings is 3. The number of fused-ring (bicyclic) bond motifs is 1. The number of rotatable bonds is 5. The van der Waals surface area contributed by atoms with Crippen molar-refractivity contribution in [3.63, 3.8) is 0 Å². The van der Waals surface area contributed by atoms with E-state index < -0.39 is 0 Å². The fourth-order valence-electron chi connectivity index (χ4n) is 4.16. The number of aromatic nitrogens is 3. The van der Waals surface area contributed by atoms with E-state index in [0.717, 1.165) is 44.9 Å². The molecule has 4 heterocycles. The van der Waals surface area contributed by atoms with Gasteiger partial charge in [-0.25, -0.2) is 4.99 Å². The third-order valence-electron chi connectivity index (χ3n) is 5.96. The van der Waals surface area contributed by atoms with Crippen molar-refractivity contribution < 1.29 is 0 Å². The fraction of sp³-hybridized carbons (Fsp3) is 0.185. The molecular formula is C27H26N6. The molecule has 0 amide bonds. The van der Waals surface area contributed by atoms with Gasteiger partial charge in [0.2, 0.25) is 0 Å². The van der Waals surface area contributed by atoms with Gasteiger partial charge < -0.3 is 4.90 Å². The zero-order chi connectivity index (χ0) is 22.8. The Kier molecular flexibility index (Phi) is 5.67. The number of aryl methyl sites for hydroxylation is 2. The summed E-state index contributed by atoms with van der Waals surface area (Å²) in [5.74, 6) is 0. The molecule has 0 radical (unpaired) electrons. The summed E-state index contributed by atoms with van der Waals surface area (Å²) < 4.78 is 0. The topological polar surface area (TPSA) is 66.3 Å². The molecule has 5 rings (SSSR count). The molecule has 0 saturated heterocycles. The first-order valence-electron chi connectivity index (χ1n) is 11.0. The number of hydrogen-bond donors (Lipinski definition) is 1. The van der Waals surface area contributed by atoms with Gasteiger partial charge in [-0.2, -0.15) is 0 Å². The Bertz CT molecular complexity index is 1310. The van der Waals surface area contributed by atoms with E-state index in [1.807, 2.05) is 51.2 Å². The van der Waals surface area contributed by atoms with Gasteiger partial charge in [-0.3, -0.25) is 20.3 Å².